The van der Waals surface area contributed by atoms with Gasteiger partial charge in [0.2, 0.25) is 0 Å². The van der Waals surface area contributed by atoms with Crippen molar-refractivity contribution in [3.05, 3.63) is 45.8 Å². The number of halogens is 2. The predicted molar refractivity (Wildman–Crippen MR) is 114 cm³/mol. The first-order valence-corrected chi connectivity index (χ1v) is 10.5. The van der Waals surface area contributed by atoms with Gasteiger partial charge in [0.15, 0.2) is 0 Å². The number of aliphatic hydroxyl groups excluding tert-OH is 2. The molecule has 1 saturated carbocycles. The van der Waals surface area contributed by atoms with Crippen molar-refractivity contribution in [3.63, 3.8) is 0 Å². The first-order valence-electron chi connectivity index (χ1n) is 9.75. The average Bonchev–Trinajstić information content (AvgIpc) is 3.20. The average molecular weight is 450 g/mol. The largest absolute Gasteiger partial charge is 0.487 e. The highest BCUT2D eigenvalue weighted by atomic mass is 35.5. The molecule has 2 unspecified atom stereocenters. The number of benzene rings is 1. The van der Waals surface area contributed by atoms with Crippen LogP contribution in [0.4, 0.5) is 5.82 Å². The summed E-state index contributed by atoms with van der Waals surface area (Å²) in [7, 11) is 0. The number of hydrogen-bond donors (Lipinski definition) is 4. The zero-order chi connectivity index (χ0) is 21.0. The Labute approximate surface area is 182 Å². The molecular formula is C20H21Cl2N5O3. The maximum atomic E-state index is 10.8. The summed E-state index contributed by atoms with van der Waals surface area (Å²) in [4.78, 5) is 8.25. The second-order valence-electron chi connectivity index (χ2n) is 7.75. The number of nitrogens with zero attached hydrogens (tertiary/aromatic N) is 3. The molecule has 1 aromatic carbocycles. The number of aromatic nitrogens is 3. The van der Waals surface area contributed by atoms with Crippen molar-refractivity contribution >= 4 is 40.1 Å². The fraction of sp³-hybridized carbons (Fsp3) is 0.400. The van der Waals surface area contributed by atoms with Crippen LogP contribution in [0.1, 0.15) is 23.6 Å². The molecule has 30 heavy (non-hydrogen) atoms. The summed E-state index contributed by atoms with van der Waals surface area (Å²) < 4.78 is 7.93. The number of fused-ring (bicyclic) bond motifs is 2. The van der Waals surface area contributed by atoms with E-state index in [4.69, 9.17) is 33.7 Å². The molecule has 10 heteroatoms. The van der Waals surface area contributed by atoms with E-state index in [0.29, 0.717) is 39.8 Å². The summed E-state index contributed by atoms with van der Waals surface area (Å²) in [5.74, 6) is 0.895. The van der Waals surface area contributed by atoms with Gasteiger partial charge in [-0.25, -0.2) is 9.97 Å². The third-order valence-electron chi connectivity index (χ3n) is 5.97. The molecule has 2 aliphatic rings. The third kappa shape index (κ3) is 3.19. The van der Waals surface area contributed by atoms with E-state index in [2.05, 4.69) is 15.3 Å². The van der Waals surface area contributed by atoms with Crippen LogP contribution in [0.3, 0.4) is 0 Å². The monoisotopic (exact) mass is 449 g/mol. The van der Waals surface area contributed by atoms with Crippen molar-refractivity contribution in [1.29, 1.82) is 0 Å². The van der Waals surface area contributed by atoms with Gasteiger partial charge < -0.3 is 30.6 Å². The van der Waals surface area contributed by atoms with Crippen molar-refractivity contribution in [2.24, 2.45) is 0 Å². The van der Waals surface area contributed by atoms with Crippen molar-refractivity contribution in [3.8, 4) is 5.75 Å². The number of aliphatic hydroxyl groups is 2. The highest BCUT2D eigenvalue weighted by molar-refractivity contribution is 6.36. The predicted octanol–water partition coefficient (Wildman–Crippen LogP) is 2.08. The first kappa shape index (κ1) is 19.8. The molecular weight excluding hydrogens is 429 g/mol. The topological polar surface area (TPSA) is 118 Å². The van der Waals surface area contributed by atoms with E-state index in [1.165, 1.54) is 6.33 Å². The van der Waals surface area contributed by atoms with Crippen LogP contribution in [-0.4, -0.2) is 49.6 Å². The molecule has 5 N–H and O–H groups in total. The van der Waals surface area contributed by atoms with Crippen LogP contribution in [0.5, 0.6) is 5.75 Å². The number of nitrogens with one attached hydrogen (secondary N) is 1. The van der Waals surface area contributed by atoms with Crippen LogP contribution in [0.2, 0.25) is 10.0 Å². The Hall–Kier alpha value is -2.10. The fourth-order valence-electron chi connectivity index (χ4n) is 4.47. The molecule has 5 rings (SSSR count). The molecule has 8 nitrogen and oxygen atoms in total. The normalized spacial score (nSPS) is 26.1. The van der Waals surface area contributed by atoms with E-state index in [9.17, 15) is 10.2 Å². The van der Waals surface area contributed by atoms with Gasteiger partial charge >= 0.3 is 0 Å². The van der Waals surface area contributed by atoms with Crippen molar-refractivity contribution in [1.82, 2.24) is 19.9 Å². The van der Waals surface area contributed by atoms with Crippen LogP contribution < -0.4 is 15.8 Å². The maximum Gasteiger partial charge on any atom is 0.147 e. The summed E-state index contributed by atoms with van der Waals surface area (Å²) in [6.45, 7) is 1.55. The molecule has 4 atom stereocenters. The molecule has 1 fully saturated rings. The molecule has 158 valence electrons. The molecule has 0 spiro atoms. The lowest BCUT2D eigenvalue weighted by Gasteiger charge is -2.24. The van der Waals surface area contributed by atoms with Gasteiger partial charge in [0.25, 0.3) is 0 Å². The van der Waals surface area contributed by atoms with Crippen LogP contribution >= 0.6 is 23.2 Å². The molecule has 0 radical (unpaired) electrons. The lowest BCUT2D eigenvalue weighted by atomic mass is 10.00. The van der Waals surface area contributed by atoms with Gasteiger partial charge in [-0.3, -0.25) is 0 Å². The highest BCUT2D eigenvalue weighted by Gasteiger charge is 2.45. The number of nitrogen functional groups attached to an aromatic ring is 1. The molecule has 0 saturated heterocycles. The number of hydrogen-bond acceptors (Lipinski definition) is 7. The zero-order valence-electron chi connectivity index (χ0n) is 15.9. The van der Waals surface area contributed by atoms with Crippen LogP contribution in [0.15, 0.2) is 24.7 Å². The quantitative estimate of drug-likeness (QED) is 0.483. The molecule has 2 aromatic heterocycles. The fourth-order valence-corrected chi connectivity index (χ4v) is 4.99. The summed E-state index contributed by atoms with van der Waals surface area (Å²) >= 11 is 12.6. The van der Waals surface area contributed by atoms with E-state index >= 15 is 0 Å². The maximum absolute atomic E-state index is 10.8. The summed E-state index contributed by atoms with van der Waals surface area (Å²) in [6, 6.07) is 3.23. The number of nitrogens with two attached hydrogens (primary N) is 1. The number of anilines is 1. The number of rotatable bonds is 3. The summed E-state index contributed by atoms with van der Waals surface area (Å²) in [5.41, 5.74) is 8.61. The van der Waals surface area contributed by atoms with E-state index in [-0.39, 0.29) is 5.82 Å². The Balaban J connectivity index is 1.47. The highest BCUT2D eigenvalue weighted by Crippen LogP contribution is 2.40. The first-order chi connectivity index (χ1) is 14.4. The minimum absolute atomic E-state index is 0.266. The lowest BCUT2D eigenvalue weighted by molar-refractivity contribution is -0.0166. The second kappa shape index (κ2) is 7.55. The minimum atomic E-state index is -1.09. The smallest absolute Gasteiger partial charge is 0.147 e. The van der Waals surface area contributed by atoms with E-state index in [0.717, 1.165) is 24.1 Å². The van der Waals surface area contributed by atoms with E-state index in [1.807, 2.05) is 6.07 Å². The summed E-state index contributed by atoms with van der Waals surface area (Å²) in [5, 5.41) is 26.4. The van der Waals surface area contributed by atoms with Crippen LogP contribution in [-0.2, 0) is 13.0 Å². The molecule has 3 aromatic rings. The van der Waals surface area contributed by atoms with Gasteiger partial charge in [-0.15, -0.1) is 0 Å². The van der Waals surface area contributed by atoms with Gasteiger partial charge in [0.05, 0.1) is 16.5 Å². The van der Waals surface area contributed by atoms with Gasteiger partial charge in [-0.05, 0) is 30.7 Å². The van der Waals surface area contributed by atoms with E-state index < -0.39 is 24.4 Å². The van der Waals surface area contributed by atoms with Crippen LogP contribution in [0, 0.1) is 0 Å². The standard InChI is InChI=1S/C20H21Cl2N5O3/c21-10-3-9-1-2-24-6-11(9)14(4-10)30-15-5-13(17(28)18(15)29)27-7-12(22)16-19(23)25-8-26-20(16)27/h3-4,7-8,13,15,17-18,24,28-29H,1-2,5-6H2,(H2,23,25,26)/t13?,15?,17-,18+/m0/s1. The molecule has 1 aliphatic heterocycles. The van der Waals surface area contributed by atoms with Crippen molar-refractivity contribution in [2.45, 2.75) is 43.7 Å². The van der Waals surface area contributed by atoms with Crippen LogP contribution in [0.25, 0.3) is 11.0 Å². The summed E-state index contributed by atoms with van der Waals surface area (Å²) in [6.07, 6.45) is 1.46. The van der Waals surface area contributed by atoms with Crippen molar-refractivity contribution < 1.29 is 14.9 Å². The third-order valence-corrected chi connectivity index (χ3v) is 6.47. The van der Waals surface area contributed by atoms with Gasteiger partial charge in [0, 0.05) is 29.7 Å². The Bertz CT molecular complexity index is 1120. The van der Waals surface area contributed by atoms with Gasteiger partial charge in [0.1, 0.15) is 41.9 Å². The minimum Gasteiger partial charge on any atom is -0.487 e. The molecule has 1 aliphatic carbocycles. The lowest BCUT2D eigenvalue weighted by Crippen LogP contribution is -2.34. The Morgan fingerprint density at radius 3 is 2.87 bits per heavy atom. The molecule has 0 bridgehead atoms. The molecule has 0 amide bonds. The Morgan fingerprint density at radius 2 is 2.03 bits per heavy atom. The molecule has 3 heterocycles. The second-order valence-corrected chi connectivity index (χ2v) is 8.59. The Morgan fingerprint density at radius 1 is 1.20 bits per heavy atom. The van der Waals surface area contributed by atoms with E-state index in [1.54, 1.807) is 16.8 Å². The van der Waals surface area contributed by atoms with Crippen molar-refractivity contribution in [2.75, 3.05) is 12.3 Å². The SMILES string of the molecule is Nc1ncnc2c1c(Cl)cn2C1CC(Oc2cc(Cl)cc3c2CNCC3)[C@@H](O)[C@H]1O. The number of ether oxygens (including phenoxy) is 1. The zero-order valence-corrected chi connectivity index (χ0v) is 17.4. The van der Waals surface area contributed by atoms with Gasteiger partial charge in [-0.2, -0.15) is 0 Å². The van der Waals surface area contributed by atoms with Gasteiger partial charge in [-0.1, -0.05) is 23.2 Å². The Kier molecular flexibility index (Phi) is 4.99.